The normalized spacial score (nSPS) is 22.8. The number of fused-ring (bicyclic) bond motifs is 2. The second kappa shape index (κ2) is 12.1. The summed E-state index contributed by atoms with van der Waals surface area (Å²) in [5.74, 6) is -1.33. The van der Waals surface area contributed by atoms with Crippen LogP contribution in [0.4, 0.5) is 0 Å². The Bertz CT molecular complexity index is 1430. The molecular formula is C27H34Cl2N6O4S. The number of hydrogen-bond acceptors (Lipinski definition) is 8. The monoisotopic (exact) mass is 608 g/mol. The molecule has 0 bridgehead atoms. The van der Waals surface area contributed by atoms with Gasteiger partial charge in [0, 0.05) is 59.8 Å². The highest BCUT2D eigenvalue weighted by molar-refractivity contribution is 7.13. The smallest absolute Gasteiger partial charge is 0.280 e. The van der Waals surface area contributed by atoms with Gasteiger partial charge in [0.2, 0.25) is 11.7 Å². The fourth-order valence-corrected chi connectivity index (χ4v) is 6.84. The van der Waals surface area contributed by atoms with Crippen LogP contribution in [-0.2, 0) is 17.8 Å². The number of benzene rings is 1. The summed E-state index contributed by atoms with van der Waals surface area (Å²) < 4.78 is 0. The third kappa shape index (κ3) is 5.90. The molecule has 2 aromatic heterocycles. The molecule has 5 N–H and O–H groups in total. The summed E-state index contributed by atoms with van der Waals surface area (Å²) in [6, 6.07) is 6.21. The Morgan fingerprint density at radius 3 is 2.88 bits per heavy atom. The van der Waals surface area contributed by atoms with Gasteiger partial charge < -0.3 is 30.9 Å². The minimum absolute atomic E-state index is 0. The van der Waals surface area contributed by atoms with E-state index in [1.807, 2.05) is 7.05 Å². The van der Waals surface area contributed by atoms with Crippen molar-refractivity contribution in [2.75, 3.05) is 33.8 Å². The van der Waals surface area contributed by atoms with Crippen LogP contribution in [0.5, 0.6) is 0 Å². The van der Waals surface area contributed by atoms with E-state index in [1.54, 1.807) is 31.3 Å². The van der Waals surface area contributed by atoms with E-state index in [0.29, 0.717) is 22.1 Å². The molecule has 1 aliphatic carbocycles. The highest BCUT2D eigenvalue weighted by Crippen LogP contribution is 2.35. The Balaban J connectivity index is 0.00000370. The van der Waals surface area contributed by atoms with Crippen LogP contribution in [0.1, 0.15) is 50.1 Å². The van der Waals surface area contributed by atoms with E-state index in [0.717, 1.165) is 41.0 Å². The van der Waals surface area contributed by atoms with E-state index in [9.17, 15) is 19.5 Å². The van der Waals surface area contributed by atoms with Crippen LogP contribution in [0.15, 0.2) is 24.3 Å². The van der Waals surface area contributed by atoms with Crippen molar-refractivity contribution < 1.29 is 19.5 Å². The number of H-pyrrole nitrogens is 1. The maximum atomic E-state index is 13.9. The third-order valence-corrected chi connectivity index (χ3v) is 9.20. The minimum atomic E-state index is -1.44. The zero-order valence-corrected chi connectivity index (χ0v) is 24.8. The van der Waals surface area contributed by atoms with Gasteiger partial charge in [0.25, 0.3) is 5.91 Å². The van der Waals surface area contributed by atoms with Gasteiger partial charge in [0.1, 0.15) is 5.54 Å². The van der Waals surface area contributed by atoms with Crippen LogP contribution >= 0.6 is 35.3 Å². The van der Waals surface area contributed by atoms with Crippen molar-refractivity contribution in [2.24, 2.45) is 11.7 Å². The van der Waals surface area contributed by atoms with Crippen molar-refractivity contribution in [3.05, 3.63) is 50.6 Å². The summed E-state index contributed by atoms with van der Waals surface area (Å²) in [4.78, 5) is 52.9. The number of aliphatic hydroxyl groups is 1. The SMILES string of the molecule is CN1CCc2nc(C(=O)NC3CC(C(=O)N(C)CCO)CCC3(N)C(=O)c3cc4cc(Cl)ccc4[nH]3)sc2C1.Cl. The van der Waals surface area contributed by atoms with Gasteiger partial charge in [-0.1, -0.05) is 11.6 Å². The van der Waals surface area contributed by atoms with Gasteiger partial charge in [0.05, 0.1) is 24.0 Å². The number of nitrogens with two attached hydrogens (primary N) is 1. The van der Waals surface area contributed by atoms with E-state index in [-0.39, 0.29) is 50.1 Å². The van der Waals surface area contributed by atoms with Gasteiger partial charge in [-0.3, -0.25) is 14.4 Å². The number of nitrogens with one attached hydrogen (secondary N) is 2. The van der Waals surface area contributed by atoms with Crippen molar-refractivity contribution in [1.82, 2.24) is 25.1 Å². The van der Waals surface area contributed by atoms with Crippen molar-refractivity contribution in [3.8, 4) is 0 Å². The molecule has 0 spiro atoms. The maximum absolute atomic E-state index is 13.9. The van der Waals surface area contributed by atoms with Crippen molar-refractivity contribution in [3.63, 3.8) is 0 Å². The van der Waals surface area contributed by atoms with E-state index >= 15 is 0 Å². The van der Waals surface area contributed by atoms with Gasteiger partial charge >= 0.3 is 0 Å². The first-order valence-corrected chi connectivity index (χ1v) is 14.2. The molecule has 5 rings (SSSR count). The molecule has 0 radical (unpaired) electrons. The van der Waals surface area contributed by atoms with Gasteiger partial charge in [0.15, 0.2) is 5.01 Å². The Morgan fingerprint density at radius 1 is 1.35 bits per heavy atom. The number of aliphatic hydroxyl groups excluding tert-OH is 1. The number of thiazole rings is 1. The first-order valence-electron chi connectivity index (χ1n) is 13.0. The Morgan fingerprint density at radius 2 is 2.12 bits per heavy atom. The Labute approximate surface area is 247 Å². The van der Waals surface area contributed by atoms with E-state index in [4.69, 9.17) is 17.3 Å². The highest BCUT2D eigenvalue weighted by atomic mass is 35.5. The average molecular weight is 610 g/mol. The molecule has 1 fully saturated rings. The maximum Gasteiger partial charge on any atom is 0.280 e. The number of aromatic nitrogens is 2. The van der Waals surface area contributed by atoms with E-state index in [1.165, 1.54) is 16.2 Å². The van der Waals surface area contributed by atoms with Crippen molar-refractivity contribution in [1.29, 1.82) is 0 Å². The number of aromatic amines is 1. The number of halogens is 2. The number of ketones is 1. The van der Waals surface area contributed by atoms with Gasteiger partial charge in [-0.15, -0.1) is 23.7 Å². The molecule has 1 saturated carbocycles. The van der Waals surface area contributed by atoms with Crippen LogP contribution < -0.4 is 11.1 Å². The lowest BCUT2D eigenvalue weighted by Gasteiger charge is -2.43. The molecular weight excluding hydrogens is 575 g/mol. The standard InChI is InChI=1S/C27H33ClN6O4S.ClH/c1-33-8-6-19-21(14-33)39-25(31-19)24(37)32-22-13-15(26(38)34(2)9-10-35)5-7-27(22,29)23(36)20-12-16-11-17(28)3-4-18(16)30-20;/h3-4,11-12,15,22,30,35H,5-10,13-14,29H2,1-2H3,(H,32,37);1H. The Kier molecular flexibility index (Phi) is 9.23. The van der Waals surface area contributed by atoms with Crippen molar-refractivity contribution >= 4 is 63.8 Å². The number of hydrogen-bond donors (Lipinski definition) is 4. The summed E-state index contributed by atoms with van der Waals surface area (Å²) in [6.45, 7) is 1.67. The van der Waals surface area contributed by atoms with Gasteiger partial charge in [-0.25, -0.2) is 4.98 Å². The molecule has 3 heterocycles. The van der Waals surface area contributed by atoms with Crippen LogP contribution in [0.3, 0.4) is 0 Å². The first-order chi connectivity index (χ1) is 18.6. The highest BCUT2D eigenvalue weighted by Gasteiger charge is 2.49. The topological polar surface area (TPSA) is 145 Å². The average Bonchev–Trinajstić information content (AvgIpc) is 3.52. The van der Waals surface area contributed by atoms with Gasteiger partial charge in [-0.2, -0.15) is 0 Å². The molecule has 1 aliphatic heterocycles. The number of likely N-dealkylation sites (N-methyl/N-ethyl adjacent to an activating group) is 2. The quantitative estimate of drug-likeness (QED) is 0.302. The fraction of sp³-hybridized carbons (Fsp3) is 0.481. The summed E-state index contributed by atoms with van der Waals surface area (Å²) in [7, 11) is 3.66. The zero-order valence-electron chi connectivity index (χ0n) is 22.4. The molecule has 216 valence electrons. The lowest BCUT2D eigenvalue weighted by Crippen LogP contribution is -2.66. The number of carbonyl (C=O) groups is 3. The predicted molar refractivity (Wildman–Crippen MR) is 157 cm³/mol. The number of rotatable bonds is 7. The molecule has 13 heteroatoms. The van der Waals surface area contributed by atoms with Crippen molar-refractivity contribution in [2.45, 2.75) is 43.8 Å². The van der Waals surface area contributed by atoms with Crippen LogP contribution in [0, 0.1) is 5.92 Å². The zero-order chi connectivity index (χ0) is 27.9. The predicted octanol–water partition coefficient (Wildman–Crippen LogP) is 2.62. The van der Waals surface area contributed by atoms with E-state index in [2.05, 4.69) is 20.2 Å². The molecule has 3 unspecified atom stereocenters. The number of carbonyl (C=O) groups excluding carboxylic acids is 3. The van der Waals surface area contributed by atoms with Gasteiger partial charge in [-0.05, 0) is 50.6 Å². The number of nitrogens with zero attached hydrogens (tertiary/aromatic N) is 3. The number of amides is 2. The summed E-state index contributed by atoms with van der Waals surface area (Å²) in [5.41, 5.74) is 7.43. The molecule has 2 aliphatic rings. The molecule has 1 aromatic carbocycles. The summed E-state index contributed by atoms with van der Waals surface area (Å²) >= 11 is 7.48. The van der Waals surface area contributed by atoms with Crippen LogP contribution in [-0.4, -0.2) is 87.8 Å². The van der Waals surface area contributed by atoms with Crippen LogP contribution in [0.2, 0.25) is 5.02 Å². The molecule has 0 saturated heterocycles. The minimum Gasteiger partial charge on any atom is -0.395 e. The third-order valence-electron chi connectivity index (χ3n) is 7.88. The van der Waals surface area contributed by atoms with E-state index < -0.39 is 23.4 Å². The fourth-order valence-electron chi connectivity index (χ4n) is 5.57. The van der Waals surface area contributed by atoms with Crippen LogP contribution in [0.25, 0.3) is 10.9 Å². The molecule has 2 amide bonds. The molecule has 40 heavy (non-hydrogen) atoms. The molecule has 3 atom stereocenters. The lowest BCUT2D eigenvalue weighted by molar-refractivity contribution is -0.136. The first kappa shape index (κ1) is 30.4. The Hall–Kier alpha value is -2.54. The number of Topliss-reactive ketones (excluding diaryl/α,β-unsaturated/α-hetero) is 1. The second-order valence-corrected chi connectivity index (χ2v) is 12.2. The summed E-state index contributed by atoms with van der Waals surface area (Å²) in [6.07, 6.45) is 1.56. The lowest BCUT2D eigenvalue weighted by atomic mass is 9.70. The molecule has 10 nitrogen and oxygen atoms in total. The summed E-state index contributed by atoms with van der Waals surface area (Å²) in [5, 5.41) is 13.9. The molecule has 3 aromatic rings. The second-order valence-electron chi connectivity index (χ2n) is 10.6. The largest absolute Gasteiger partial charge is 0.395 e.